The molecule has 1 nitrogen and oxygen atoms in total. The van der Waals surface area contributed by atoms with Crippen LogP contribution in [0.25, 0.3) is 0 Å². The van der Waals surface area contributed by atoms with Crippen LogP contribution in [-0.2, 0) is 0 Å². The summed E-state index contributed by atoms with van der Waals surface area (Å²) in [5.41, 5.74) is 0. The first-order chi connectivity index (χ1) is 4.27. The maximum atomic E-state index is 2.56. The summed E-state index contributed by atoms with van der Waals surface area (Å²) in [6.07, 6.45) is 2.47. The van der Waals surface area contributed by atoms with E-state index in [-0.39, 0.29) is 0 Å². The second-order valence-electron chi connectivity index (χ2n) is 3.57. The molecular formula is C8H14N. The van der Waals surface area contributed by atoms with Gasteiger partial charge >= 0.3 is 0 Å². The highest BCUT2D eigenvalue weighted by molar-refractivity contribution is 5.12. The summed E-state index contributed by atoms with van der Waals surface area (Å²) in [4.78, 5) is 2.56. The molecule has 2 fully saturated rings. The molecule has 0 aromatic carbocycles. The Bertz CT molecular complexity index is 110. The van der Waals surface area contributed by atoms with Gasteiger partial charge in [0.05, 0.1) is 0 Å². The molecule has 9 heavy (non-hydrogen) atoms. The number of piperidine rings is 1. The van der Waals surface area contributed by atoms with Gasteiger partial charge in [0.25, 0.3) is 0 Å². The topological polar surface area (TPSA) is 3.24 Å². The Kier molecular flexibility index (Phi) is 1.10. The minimum absolute atomic E-state index is 0.770. The van der Waals surface area contributed by atoms with E-state index in [0.29, 0.717) is 0 Å². The number of hydrogen-bond donors (Lipinski definition) is 0. The number of likely N-dealkylation sites (tertiary alicyclic amines) is 1. The molecule has 0 aromatic rings. The Morgan fingerprint density at radius 1 is 1.33 bits per heavy atom. The van der Waals surface area contributed by atoms with Crippen molar-refractivity contribution in [3.63, 3.8) is 0 Å². The van der Waals surface area contributed by atoms with Crippen molar-refractivity contribution in [3.8, 4) is 0 Å². The minimum Gasteiger partial charge on any atom is -0.300 e. The summed E-state index contributed by atoms with van der Waals surface area (Å²) >= 11 is 0. The van der Waals surface area contributed by atoms with Crippen molar-refractivity contribution in [1.82, 2.24) is 4.90 Å². The van der Waals surface area contributed by atoms with E-state index in [1.165, 1.54) is 13.1 Å². The van der Waals surface area contributed by atoms with Gasteiger partial charge in [-0.2, -0.15) is 0 Å². The van der Waals surface area contributed by atoms with E-state index in [0.717, 1.165) is 17.9 Å². The van der Waals surface area contributed by atoms with Crippen LogP contribution in [0.2, 0.25) is 0 Å². The second kappa shape index (κ2) is 1.72. The Balaban J connectivity index is 1.90. The van der Waals surface area contributed by atoms with Crippen LogP contribution in [-0.4, -0.2) is 24.0 Å². The smallest absolute Gasteiger partial charge is 0.00388 e. The molecule has 2 aliphatic rings. The molecule has 1 heteroatoms. The zero-order valence-electron chi connectivity index (χ0n) is 6.17. The van der Waals surface area contributed by atoms with Crippen LogP contribution in [0, 0.1) is 18.3 Å². The average molecular weight is 124 g/mol. The van der Waals surface area contributed by atoms with Gasteiger partial charge in [0.1, 0.15) is 0 Å². The third kappa shape index (κ3) is 0.877. The molecule has 1 radical (unpaired) electrons. The third-order valence-corrected chi connectivity index (χ3v) is 2.52. The van der Waals surface area contributed by atoms with E-state index in [1.807, 2.05) is 0 Å². The molecule has 0 spiro atoms. The van der Waals surface area contributed by atoms with Crippen LogP contribution in [0.15, 0.2) is 0 Å². The van der Waals surface area contributed by atoms with Gasteiger partial charge in [-0.1, -0.05) is 0 Å². The monoisotopic (exact) mass is 124 g/mol. The van der Waals surface area contributed by atoms with Crippen LogP contribution in [0.1, 0.15) is 13.8 Å². The Labute approximate surface area is 57.0 Å². The number of rotatable bonds is 1. The third-order valence-electron chi connectivity index (χ3n) is 2.52. The van der Waals surface area contributed by atoms with E-state index >= 15 is 0 Å². The average Bonchev–Trinajstić information content (AvgIpc) is 2.40. The molecule has 0 unspecified atom stereocenters. The first-order valence-corrected chi connectivity index (χ1v) is 3.86. The van der Waals surface area contributed by atoms with Gasteiger partial charge < -0.3 is 4.90 Å². The molecule has 2 atom stereocenters. The van der Waals surface area contributed by atoms with Crippen LogP contribution in [0.4, 0.5) is 0 Å². The number of fused-ring (bicyclic) bond motifs is 1. The zero-order valence-corrected chi connectivity index (χ0v) is 6.17. The molecule has 0 N–H and O–H groups in total. The minimum atomic E-state index is 0.770. The van der Waals surface area contributed by atoms with E-state index in [2.05, 4.69) is 25.2 Å². The maximum absolute atomic E-state index is 2.56. The van der Waals surface area contributed by atoms with Gasteiger partial charge in [-0.05, 0) is 32.1 Å². The SMILES string of the molecule is CC(C)N1C[C@H]2[CH][C@H]2C1. The van der Waals surface area contributed by atoms with Crippen LogP contribution in [0.5, 0.6) is 0 Å². The zero-order chi connectivity index (χ0) is 6.43. The molecule has 1 saturated heterocycles. The van der Waals surface area contributed by atoms with Crippen molar-refractivity contribution in [2.24, 2.45) is 11.8 Å². The lowest BCUT2D eigenvalue weighted by Gasteiger charge is -2.21. The normalized spacial score (nSPS) is 41.7. The predicted molar refractivity (Wildman–Crippen MR) is 38.0 cm³/mol. The lowest BCUT2D eigenvalue weighted by Crippen LogP contribution is -2.29. The maximum Gasteiger partial charge on any atom is 0.00388 e. The molecular weight excluding hydrogens is 110 g/mol. The summed E-state index contributed by atoms with van der Waals surface area (Å²) in [5.74, 6) is 1.96. The van der Waals surface area contributed by atoms with Gasteiger partial charge in [-0.25, -0.2) is 0 Å². The van der Waals surface area contributed by atoms with Crippen LogP contribution in [0.3, 0.4) is 0 Å². The van der Waals surface area contributed by atoms with Gasteiger partial charge in [0, 0.05) is 19.1 Å². The molecule has 1 aliphatic carbocycles. The van der Waals surface area contributed by atoms with E-state index < -0.39 is 0 Å². The fourth-order valence-corrected chi connectivity index (χ4v) is 1.68. The summed E-state index contributed by atoms with van der Waals surface area (Å²) in [5, 5.41) is 0. The molecule has 0 amide bonds. The summed E-state index contributed by atoms with van der Waals surface area (Å²) in [6, 6.07) is 0.770. The fraction of sp³-hybridized carbons (Fsp3) is 0.875. The quantitative estimate of drug-likeness (QED) is 0.507. The number of hydrogen-bond acceptors (Lipinski definition) is 1. The molecule has 1 heterocycles. The highest BCUT2D eigenvalue weighted by atomic mass is 15.2. The fourth-order valence-electron chi connectivity index (χ4n) is 1.68. The number of nitrogens with zero attached hydrogens (tertiary/aromatic N) is 1. The van der Waals surface area contributed by atoms with Crippen molar-refractivity contribution >= 4 is 0 Å². The second-order valence-corrected chi connectivity index (χ2v) is 3.57. The van der Waals surface area contributed by atoms with Crippen molar-refractivity contribution in [2.75, 3.05) is 13.1 Å². The van der Waals surface area contributed by atoms with Gasteiger partial charge in [0.15, 0.2) is 0 Å². The molecule has 0 bridgehead atoms. The van der Waals surface area contributed by atoms with Crippen molar-refractivity contribution in [2.45, 2.75) is 19.9 Å². The molecule has 0 aromatic heterocycles. The van der Waals surface area contributed by atoms with E-state index in [9.17, 15) is 0 Å². The van der Waals surface area contributed by atoms with Crippen molar-refractivity contribution in [1.29, 1.82) is 0 Å². The van der Waals surface area contributed by atoms with Crippen LogP contribution >= 0.6 is 0 Å². The lowest BCUT2D eigenvalue weighted by molar-refractivity contribution is 0.257. The molecule has 2 rings (SSSR count). The Morgan fingerprint density at radius 3 is 2.22 bits per heavy atom. The van der Waals surface area contributed by atoms with E-state index in [4.69, 9.17) is 0 Å². The molecule has 1 saturated carbocycles. The largest absolute Gasteiger partial charge is 0.300 e. The summed E-state index contributed by atoms with van der Waals surface area (Å²) < 4.78 is 0. The van der Waals surface area contributed by atoms with Crippen LogP contribution < -0.4 is 0 Å². The Hall–Kier alpha value is -0.0400. The first kappa shape index (κ1) is 5.72. The van der Waals surface area contributed by atoms with Gasteiger partial charge in [-0.15, -0.1) is 0 Å². The lowest BCUT2D eigenvalue weighted by atomic mass is 10.3. The van der Waals surface area contributed by atoms with Gasteiger partial charge in [0.2, 0.25) is 0 Å². The Morgan fingerprint density at radius 2 is 1.89 bits per heavy atom. The molecule has 1 aliphatic heterocycles. The van der Waals surface area contributed by atoms with Crippen molar-refractivity contribution in [3.05, 3.63) is 6.42 Å². The predicted octanol–water partition coefficient (Wildman–Crippen LogP) is 1.16. The summed E-state index contributed by atoms with van der Waals surface area (Å²) in [6.45, 7) is 7.24. The highest BCUT2D eigenvalue weighted by Crippen LogP contribution is 2.44. The van der Waals surface area contributed by atoms with E-state index in [1.54, 1.807) is 0 Å². The first-order valence-electron chi connectivity index (χ1n) is 3.86. The van der Waals surface area contributed by atoms with Crippen molar-refractivity contribution < 1.29 is 0 Å². The summed E-state index contributed by atoms with van der Waals surface area (Å²) in [7, 11) is 0. The van der Waals surface area contributed by atoms with Gasteiger partial charge in [-0.3, -0.25) is 0 Å². The highest BCUT2D eigenvalue weighted by Gasteiger charge is 2.45. The standard InChI is InChI=1S/C8H14N/c1-6(2)9-4-7-3-8(7)5-9/h3,6-8H,4-5H2,1-2H3/t7-,8+. The molecule has 51 valence electrons.